The van der Waals surface area contributed by atoms with Crippen molar-refractivity contribution in [3.05, 3.63) is 77.1 Å². The third-order valence-corrected chi connectivity index (χ3v) is 5.25. The molecule has 0 amide bonds. The molecule has 0 spiro atoms. The summed E-state index contributed by atoms with van der Waals surface area (Å²) in [5.41, 5.74) is 1.63. The van der Waals surface area contributed by atoms with E-state index < -0.39 is 9.84 Å². The molecule has 0 bridgehead atoms. The lowest BCUT2D eigenvalue weighted by atomic mass is 10.2. The smallest absolute Gasteiger partial charge is 0.201 e. The van der Waals surface area contributed by atoms with Crippen LogP contribution in [0.25, 0.3) is 0 Å². The van der Waals surface area contributed by atoms with E-state index in [1.807, 2.05) is 12.1 Å². The first-order valence-corrected chi connectivity index (χ1v) is 9.50. The lowest BCUT2D eigenvalue weighted by Crippen LogP contribution is -2.09. The Labute approximate surface area is 150 Å². The highest BCUT2D eigenvalue weighted by molar-refractivity contribution is 7.90. The Morgan fingerprint density at radius 2 is 1.76 bits per heavy atom. The number of pyridine rings is 1. The fourth-order valence-electron chi connectivity index (χ4n) is 2.15. The van der Waals surface area contributed by atoms with Gasteiger partial charge in [-0.2, -0.15) is 0 Å². The van der Waals surface area contributed by atoms with Crippen LogP contribution in [-0.4, -0.2) is 23.6 Å². The third-order valence-electron chi connectivity index (χ3n) is 3.43. The molecule has 0 aliphatic heterocycles. The number of anilines is 1. The molecule has 0 aliphatic rings. The number of rotatable bonds is 6. The van der Waals surface area contributed by atoms with Crippen LogP contribution in [0.5, 0.6) is 0 Å². The van der Waals surface area contributed by atoms with Gasteiger partial charge in [0.05, 0.1) is 5.75 Å². The molecule has 1 aromatic carbocycles. The summed E-state index contributed by atoms with van der Waals surface area (Å²) in [7, 11) is -3.56. The number of benzene rings is 1. The highest BCUT2D eigenvalue weighted by Crippen LogP contribution is 2.17. The molecule has 2 aromatic heterocycles. The maximum Gasteiger partial charge on any atom is 0.201 e. The SMILES string of the molecule is O=S(=O)(Cc1ccc(Cl)cc1)c1ccc(NCc2cccnc2)nn1. The Kier molecular flexibility index (Phi) is 5.25. The lowest BCUT2D eigenvalue weighted by Gasteiger charge is -2.06. The van der Waals surface area contributed by atoms with E-state index in [4.69, 9.17) is 11.6 Å². The Morgan fingerprint density at radius 1 is 0.960 bits per heavy atom. The van der Waals surface area contributed by atoms with Crippen LogP contribution in [-0.2, 0) is 22.1 Å². The number of nitrogens with one attached hydrogen (secondary N) is 1. The first-order valence-electron chi connectivity index (χ1n) is 7.47. The summed E-state index contributed by atoms with van der Waals surface area (Å²) < 4.78 is 24.8. The summed E-state index contributed by atoms with van der Waals surface area (Å²) in [6.45, 7) is 0.527. The molecular weight excluding hydrogens is 360 g/mol. The van der Waals surface area contributed by atoms with E-state index in [0.29, 0.717) is 22.9 Å². The maximum absolute atomic E-state index is 12.4. The molecule has 6 nitrogen and oxygen atoms in total. The van der Waals surface area contributed by atoms with Crippen molar-refractivity contribution >= 4 is 27.3 Å². The van der Waals surface area contributed by atoms with Crippen molar-refractivity contribution in [2.75, 3.05) is 5.32 Å². The second-order valence-electron chi connectivity index (χ2n) is 5.36. The van der Waals surface area contributed by atoms with Gasteiger partial charge in [-0.1, -0.05) is 29.8 Å². The molecule has 2 heterocycles. The van der Waals surface area contributed by atoms with Gasteiger partial charge in [-0.15, -0.1) is 10.2 Å². The van der Waals surface area contributed by atoms with Gasteiger partial charge in [0, 0.05) is 24.0 Å². The summed E-state index contributed by atoms with van der Waals surface area (Å²) in [5, 5.41) is 11.3. The summed E-state index contributed by atoms with van der Waals surface area (Å²) in [6.07, 6.45) is 3.44. The topological polar surface area (TPSA) is 84.8 Å². The predicted molar refractivity (Wildman–Crippen MR) is 95.9 cm³/mol. The summed E-state index contributed by atoms with van der Waals surface area (Å²) in [6, 6.07) is 13.5. The van der Waals surface area contributed by atoms with Crippen LogP contribution in [0.2, 0.25) is 5.02 Å². The summed E-state index contributed by atoms with van der Waals surface area (Å²) >= 11 is 5.81. The Balaban J connectivity index is 1.67. The minimum Gasteiger partial charge on any atom is -0.364 e. The molecule has 0 atom stereocenters. The second-order valence-corrected chi connectivity index (χ2v) is 7.73. The normalized spacial score (nSPS) is 11.2. The third kappa shape index (κ3) is 4.74. The molecule has 128 valence electrons. The largest absolute Gasteiger partial charge is 0.364 e. The van der Waals surface area contributed by atoms with E-state index in [2.05, 4.69) is 20.5 Å². The average molecular weight is 375 g/mol. The van der Waals surface area contributed by atoms with Gasteiger partial charge in [-0.25, -0.2) is 8.42 Å². The van der Waals surface area contributed by atoms with Crippen molar-refractivity contribution in [1.82, 2.24) is 15.2 Å². The van der Waals surface area contributed by atoms with E-state index >= 15 is 0 Å². The molecular formula is C17H15ClN4O2S. The van der Waals surface area contributed by atoms with Crippen LogP contribution in [0.4, 0.5) is 5.82 Å². The fourth-order valence-corrected chi connectivity index (χ4v) is 3.50. The molecule has 3 rings (SSSR count). The summed E-state index contributed by atoms with van der Waals surface area (Å²) in [5.74, 6) is 0.343. The monoisotopic (exact) mass is 374 g/mol. The predicted octanol–water partition coefficient (Wildman–Crippen LogP) is 3.11. The maximum atomic E-state index is 12.4. The number of nitrogens with zero attached hydrogens (tertiary/aromatic N) is 3. The highest BCUT2D eigenvalue weighted by atomic mass is 35.5. The van der Waals surface area contributed by atoms with Gasteiger partial charge in [-0.05, 0) is 41.5 Å². The van der Waals surface area contributed by atoms with Gasteiger partial charge in [0.15, 0.2) is 5.03 Å². The first-order chi connectivity index (χ1) is 12.0. The van der Waals surface area contributed by atoms with Crippen molar-refractivity contribution in [3.8, 4) is 0 Å². The van der Waals surface area contributed by atoms with E-state index in [9.17, 15) is 8.42 Å². The highest BCUT2D eigenvalue weighted by Gasteiger charge is 2.17. The zero-order valence-corrected chi connectivity index (χ0v) is 14.7. The lowest BCUT2D eigenvalue weighted by molar-refractivity contribution is 0.589. The van der Waals surface area contributed by atoms with Crippen LogP contribution >= 0.6 is 11.6 Å². The standard InChI is InChI=1S/C17H15ClN4O2S/c18-15-5-3-13(4-6-15)12-25(23,24)17-8-7-16(21-22-17)20-11-14-2-1-9-19-10-14/h1-10H,11-12H2,(H,20,21). The zero-order chi connectivity index (χ0) is 17.7. The zero-order valence-electron chi connectivity index (χ0n) is 13.1. The van der Waals surface area contributed by atoms with Crippen LogP contribution in [0.3, 0.4) is 0 Å². The average Bonchev–Trinajstić information content (AvgIpc) is 2.63. The first kappa shape index (κ1) is 17.3. The molecule has 0 saturated carbocycles. The number of sulfone groups is 1. The van der Waals surface area contributed by atoms with Crippen LogP contribution in [0, 0.1) is 0 Å². The Bertz CT molecular complexity index is 931. The van der Waals surface area contributed by atoms with Crippen LogP contribution in [0.15, 0.2) is 66.0 Å². The van der Waals surface area contributed by atoms with Crippen molar-refractivity contribution in [1.29, 1.82) is 0 Å². The van der Waals surface area contributed by atoms with Crippen molar-refractivity contribution in [2.45, 2.75) is 17.3 Å². The van der Waals surface area contributed by atoms with Gasteiger partial charge < -0.3 is 5.32 Å². The second kappa shape index (κ2) is 7.58. The van der Waals surface area contributed by atoms with Crippen molar-refractivity contribution < 1.29 is 8.42 Å². The molecule has 0 saturated heterocycles. The molecule has 0 radical (unpaired) electrons. The molecule has 3 aromatic rings. The fraction of sp³-hybridized carbons (Fsp3) is 0.118. The van der Waals surface area contributed by atoms with Gasteiger partial charge in [0.25, 0.3) is 0 Å². The molecule has 0 unspecified atom stereocenters. The van der Waals surface area contributed by atoms with E-state index in [1.54, 1.807) is 42.7 Å². The van der Waals surface area contributed by atoms with E-state index in [1.165, 1.54) is 6.07 Å². The van der Waals surface area contributed by atoms with Gasteiger partial charge in [0.1, 0.15) is 5.82 Å². The number of hydrogen-bond acceptors (Lipinski definition) is 6. The van der Waals surface area contributed by atoms with Crippen LogP contribution in [0.1, 0.15) is 11.1 Å². The Hall–Kier alpha value is -2.51. The molecule has 8 heteroatoms. The van der Waals surface area contributed by atoms with Gasteiger partial charge in [-0.3, -0.25) is 4.98 Å². The Morgan fingerprint density at radius 3 is 2.40 bits per heavy atom. The molecule has 0 fully saturated rings. The van der Waals surface area contributed by atoms with Crippen molar-refractivity contribution in [3.63, 3.8) is 0 Å². The van der Waals surface area contributed by atoms with E-state index in [-0.39, 0.29) is 10.8 Å². The van der Waals surface area contributed by atoms with Crippen molar-refractivity contribution in [2.24, 2.45) is 0 Å². The number of hydrogen-bond donors (Lipinski definition) is 1. The number of aromatic nitrogens is 3. The van der Waals surface area contributed by atoms with Gasteiger partial charge in [0.2, 0.25) is 9.84 Å². The molecule has 1 N–H and O–H groups in total. The minimum absolute atomic E-state index is 0.0608. The van der Waals surface area contributed by atoms with Crippen LogP contribution < -0.4 is 5.32 Å². The van der Waals surface area contributed by atoms with Gasteiger partial charge >= 0.3 is 0 Å². The molecule has 25 heavy (non-hydrogen) atoms. The summed E-state index contributed by atoms with van der Waals surface area (Å²) in [4.78, 5) is 4.03. The quantitative estimate of drug-likeness (QED) is 0.713. The number of halogens is 1. The van der Waals surface area contributed by atoms with E-state index in [0.717, 1.165) is 5.56 Å². The minimum atomic E-state index is -3.56. The molecule has 0 aliphatic carbocycles.